The van der Waals surface area contributed by atoms with Gasteiger partial charge in [-0.1, -0.05) is 43.2 Å². The summed E-state index contributed by atoms with van der Waals surface area (Å²) in [6, 6.07) is 13.4. The maximum atomic E-state index is 13.1. The molecule has 1 aromatic heterocycles. The molecule has 3 atom stereocenters. The number of benzene rings is 1. The molecule has 4 rings (SSSR count). The number of hydrogen-bond acceptors (Lipinski definition) is 4. The molecule has 0 bridgehead atoms. The Hall–Kier alpha value is -2.40. The van der Waals surface area contributed by atoms with Gasteiger partial charge in [0.15, 0.2) is 0 Å². The predicted molar refractivity (Wildman–Crippen MR) is 100 cm³/mol. The Bertz CT molecular complexity index is 795. The average Bonchev–Trinajstić information content (AvgIpc) is 2.69. The number of nitrogens with two attached hydrogens (primary N) is 1. The standard InChI is InChI=1S/C21H25N3O2/c22-19-16(9-6-13-23-19)20(25)24-14-12-21(26,15-7-2-1-3-8-15)17-10-4-5-11-18(17)24/h1-3,6-9,13,17-18,26H,4-5,10-12,14H2,(H2,22,23)/t17-,18+,21?/m0/s1. The van der Waals surface area contributed by atoms with E-state index in [0.29, 0.717) is 18.5 Å². The number of nitrogens with zero attached hydrogens (tertiary/aromatic N) is 2. The third-order valence-corrected chi connectivity index (χ3v) is 6.08. The highest BCUT2D eigenvalue weighted by atomic mass is 16.3. The normalized spacial score (nSPS) is 28.4. The topological polar surface area (TPSA) is 79.5 Å². The van der Waals surface area contributed by atoms with Gasteiger partial charge >= 0.3 is 0 Å². The lowest BCUT2D eigenvalue weighted by Gasteiger charge is -2.52. The van der Waals surface area contributed by atoms with Crippen molar-refractivity contribution in [3.05, 3.63) is 59.8 Å². The Labute approximate surface area is 153 Å². The summed E-state index contributed by atoms with van der Waals surface area (Å²) in [5.41, 5.74) is 6.48. The number of carbonyl (C=O) groups is 1. The van der Waals surface area contributed by atoms with Crippen molar-refractivity contribution >= 4 is 11.7 Å². The molecule has 1 aliphatic heterocycles. The number of carbonyl (C=O) groups excluding carboxylic acids is 1. The number of pyridine rings is 1. The first-order valence-corrected chi connectivity index (χ1v) is 9.40. The molecule has 1 amide bonds. The highest BCUT2D eigenvalue weighted by Gasteiger charge is 2.50. The predicted octanol–water partition coefficient (Wildman–Crippen LogP) is 2.96. The quantitative estimate of drug-likeness (QED) is 0.872. The second-order valence-electron chi connectivity index (χ2n) is 7.43. The third-order valence-electron chi connectivity index (χ3n) is 6.08. The summed E-state index contributed by atoms with van der Waals surface area (Å²) in [5.74, 6) is 0.255. The summed E-state index contributed by atoms with van der Waals surface area (Å²) in [7, 11) is 0. The SMILES string of the molecule is Nc1ncccc1C(=O)N1CCC(O)(c2ccccc2)[C@H]2CCCC[C@H]21. The summed E-state index contributed by atoms with van der Waals surface area (Å²) in [6.45, 7) is 0.528. The van der Waals surface area contributed by atoms with Gasteiger partial charge in [-0.2, -0.15) is 0 Å². The van der Waals surface area contributed by atoms with Gasteiger partial charge in [-0.05, 0) is 37.0 Å². The fourth-order valence-corrected chi connectivity index (χ4v) is 4.77. The molecule has 1 aromatic carbocycles. The number of fused-ring (bicyclic) bond motifs is 1. The number of likely N-dealkylation sites (tertiary alicyclic amines) is 1. The molecule has 5 nitrogen and oxygen atoms in total. The number of anilines is 1. The largest absolute Gasteiger partial charge is 0.385 e. The van der Waals surface area contributed by atoms with Crippen molar-refractivity contribution < 1.29 is 9.90 Å². The zero-order valence-electron chi connectivity index (χ0n) is 14.8. The van der Waals surface area contributed by atoms with Gasteiger partial charge in [0, 0.05) is 24.7 Å². The van der Waals surface area contributed by atoms with Gasteiger partial charge in [0.1, 0.15) is 5.82 Å². The number of amides is 1. The van der Waals surface area contributed by atoms with Crippen LogP contribution < -0.4 is 5.73 Å². The van der Waals surface area contributed by atoms with Gasteiger partial charge in [-0.25, -0.2) is 4.98 Å². The first-order chi connectivity index (χ1) is 12.6. The number of aromatic nitrogens is 1. The van der Waals surface area contributed by atoms with Crippen molar-refractivity contribution in [2.75, 3.05) is 12.3 Å². The van der Waals surface area contributed by atoms with Gasteiger partial charge in [-0.3, -0.25) is 4.79 Å². The molecule has 5 heteroatoms. The molecule has 1 unspecified atom stereocenters. The van der Waals surface area contributed by atoms with Crippen molar-refractivity contribution in [3.63, 3.8) is 0 Å². The average molecular weight is 351 g/mol. The maximum Gasteiger partial charge on any atom is 0.257 e. The van der Waals surface area contributed by atoms with Crippen LogP contribution in [0.4, 0.5) is 5.82 Å². The molecular weight excluding hydrogens is 326 g/mol. The maximum absolute atomic E-state index is 13.1. The number of nitrogen functional groups attached to an aromatic ring is 1. The lowest BCUT2D eigenvalue weighted by Crippen LogP contribution is -2.59. The van der Waals surface area contributed by atoms with Crippen molar-refractivity contribution in [3.8, 4) is 0 Å². The molecule has 2 heterocycles. The Morgan fingerprint density at radius 2 is 1.92 bits per heavy atom. The Morgan fingerprint density at radius 1 is 1.15 bits per heavy atom. The highest BCUT2D eigenvalue weighted by molar-refractivity contribution is 5.98. The van der Waals surface area contributed by atoms with Gasteiger partial charge in [0.05, 0.1) is 11.2 Å². The van der Waals surface area contributed by atoms with Crippen molar-refractivity contribution in [1.29, 1.82) is 0 Å². The fraction of sp³-hybridized carbons (Fsp3) is 0.429. The van der Waals surface area contributed by atoms with Crippen LogP contribution in [-0.2, 0) is 5.60 Å². The first kappa shape index (κ1) is 17.0. The van der Waals surface area contributed by atoms with E-state index in [2.05, 4.69) is 4.98 Å². The summed E-state index contributed by atoms with van der Waals surface area (Å²) < 4.78 is 0. The Balaban J connectivity index is 1.67. The third kappa shape index (κ3) is 2.76. The molecule has 2 aliphatic rings. The van der Waals surface area contributed by atoms with Crippen molar-refractivity contribution in [1.82, 2.24) is 9.88 Å². The van der Waals surface area contributed by atoms with E-state index >= 15 is 0 Å². The van der Waals surface area contributed by atoms with Crippen LogP contribution in [0.1, 0.15) is 48.0 Å². The molecule has 26 heavy (non-hydrogen) atoms. The van der Waals surface area contributed by atoms with Crippen LogP contribution in [-0.4, -0.2) is 33.5 Å². The lowest BCUT2D eigenvalue weighted by atomic mass is 9.66. The monoisotopic (exact) mass is 351 g/mol. The minimum Gasteiger partial charge on any atom is -0.385 e. The van der Waals surface area contributed by atoms with Gasteiger partial charge in [0.25, 0.3) is 5.91 Å². The van der Waals surface area contributed by atoms with Crippen LogP contribution in [0.25, 0.3) is 0 Å². The molecule has 1 aliphatic carbocycles. The van der Waals surface area contributed by atoms with E-state index in [-0.39, 0.29) is 23.7 Å². The second kappa shape index (κ2) is 6.72. The smallest absolute Gasteiger partial charge is 0.257 e. The lowest BCUT2D eigenvalue weighted by molar-refractivity contribution is -0.110. The zero-order chi connectivity index (χ0) is 18.1. The van der Waals surface area contributed by atoms with E-state index in [1.165, 1.54) is 0 Å². The van der Waals surface area contributed by atoms with E-state index in [4.69, 9.17) is 5.73 Å². The summed E-state index contributed by atoms with van der Waals surface area (Å²) >= 11 is 0. The van der Waals surface area contributed by atoms with Crippen LogP contribution in [0.15, 0.2) is 48.7 Å². The molecule has 2 fully saturated rings. The van der Waals surface area contributed by atoms with E-state index in [1.807, 2.05) is 35.2 Å². The second-order valence-corrected chi connectivity index (χ2v) is 7.43. The number of rotatable bonds is 2. The van der Waals surface area contributed by atoms with Crippen LogP contribution in [0.5, 0.6) is 0 Å². The number of hydrogen-bond donors (Lipinski definition) is 2. The van der Waals surface area contributed by atoms with Crippen molar-refractivity contribution in [2.24, 2.45) is 5.92 Å². The van der Waals surface area contributed by atoms with E-state index in [9.17, 15) is 9.90 Å². The van der Waals surface area contributed by atoms with Crippen molar-refractivity contribution in [2.45, 2.75) is 43.7 Å². The van der Waals surface area contributed by atoms with Crippen LogP contribution in [0, 0.1) is 5.92 Å². The fourth-order valence-electron chi connectivity index (χ4n) is 4.77. The minimum atomic E-state index is -0.871. The first-order valence-electron chi connectivity index (χ1n) is 9.40. The van der Waals surface area contributed by atoms with Crippen LogP contribution in [0.2, 0.25) is 0 Å². The van der Waals surface area contributed by atoms with Gasteiger partial charge < -0.3 is 15.7 Å². The van der Waals surface area contributed by atoms with Crippen LogP contribution in [0.3, 0.4) is 0 Å². The molecule has 0 spiro atoms. The van der Waals surface area contributed by atoms with Crippen LogP contribution >= 0.6 is 0 Å². The highest BCUT2D eigenvalue weighted by Crippen LogP contribution is 2.47. The molecule has 2 aromatic rings. The van der Waals surface area contributed by atoms with E-state index < -0.39 is 5.60 Å². The van der Waals surface area contributed by atoms with Gasteiger partial charge in [-0.15, -0.1) is 0 Å². The Kier molecular flexibility index (Phi) is 4.41. The number of aliphatic hydroxyl groups is 1. The summed E-state index contributed by atoms with van der Waals surface area (Å²) in [6.07, 6.45) is 6.17. The number of piperidine rings is 1. The van der Waals surface area contributed by atoms with E-state index in [1.54, 1.807) is 18.3 Å². The molecule has 1 saturated heterocycles. The van der Waals surface area contributed by atoms with E-state index in [0.717, 1.165) is 31.2 Å². The zero-order valence-corrected chi connectivity index (χ0v) is 14.8. The molecule has 0 radical (unpaired) electrons. The minimum absolute atomic E-state index is 0.0369. The molecular formula is C21H25N3O2. The summed E-state index contributed by atoms with van der Waals surface area (Å²) in [4.78, 5) is 19.1. The van der Waals surface area contributed by atoms with Gasteiger partial charge in [0.2, 0.25) is 0 Å². The molecule has 136 valence electrons. The Morgan fingerprint density at radius 3 is 2.69 bits per heavy atom. The molecule has 1 saturated carbocycles. The summed E-state index contributed by atoms with van der Waals surface area (Å²) in [5, 5.41) is 11.6. The molecule has 3 N–H and O–H groups in total.